The molecule has 2 unspecified atom stereocenters. The van der Waals surface area contributed by atoms with Crippen molar-refractivity contribution in [2.24, 2.45) is 10.8 Å². The fourth-order valence-electron chi connectivity index (χ4n) is 6.66. The van der Waals surface area contributed by atoms with Gasteiger partial charge in [-0.1, -0.05) is 135 Å². The Bertz CT molecular complexity index is 2130. The number of allylic oxidation sites excluding steroid dienone is 20. The Kier molecular flexibility index (Phi) is 19.9. The summed E-state index contributed by atoms with van der Waals surface area (Å²) in [7, 11) is -8.48. The van der Waals surface area contributed by atoms with Gasteiger partial charge in [-0.15, -0.1) is 0 Å². The second kappa shape index (κ2) is 23.3. The molecule has 2 aliphatic carbocycles. The van der Waals surface area contributed by atoms with E-state index in [0.29, 0.717) is 11.1 Å². The molecule has 0 heterocycles. The van der Waals surface area contributed by atoms with Crippen LogP contribution in [0.15, 0.2) is 130 Å². The Labute approximate surface area is 367 Å². The summed E-state index contributed by atoms with van der Waals surface area (Å²) in [4.78, 5) is 50.4. The zero-order chi connectivity index (χ0) is 47.1. The molecule has 2 rings (SSSR count). The maximum absolute atomic E-state index is 13.0. The number of carbonyl (C=O) groups excluding carboxylic acids is 4. The molecule has 0 aliphatic heterocycles. The van der Waals surface area contributed by atoms with Crippen LogP contribution in [0.25, 0.3) is 0 Å². The molecule has 0 spiro atoms. The lowest BCUT2D eigenvalue weighted by molar-refractivity contribution is -0.126. The molecular formula is C46H62N2O12S2. The Morgan fingerprint density at radius 1 is 0.597 bits per heavy atom. The van der Waals surface area contributed by atoms with E-state index >= 15 is 0 Å². The first-order valence-electron chi connectivity index (χ1n) is 20.0. The van der Waals surface area contributed by atoms with Gasteiger partial charge in [0, 0.05) is 25.9 Å². The molecule has 2 amide bonds. The van der Waals surface area contributed by atoms with Gasteiger partial charge in [-0.3, -0.25) is 18.7 Å². The monoisotopic (exact) mass is 898 g/mol. The van der Waals surface area contributed by atoms with Crippen molar-refractivity contribution >= 4 is 44.0 Å². The number of hydrogen-bond donors (Lipinski definition) is 4. The van der Waals surface area contributed by atoms with Gasteiger partial charge in [0.1, 0.15) is 0 Å². The average Bonchev–Trinajstić information content (AvgIpc) is 3.13. The van der Waals surface area contributed by atoms with E-state index in [4.69, 9.17) is 18.6 Å². The van der Waals surface area contributed by atoms with Crippen molar-refractivity contribution in [1.82, 2.24) is 10.6 Å². The van der Waals surface area contributed by atoms with Gasteiger partial charge in [-0.05, 0) is 74.7 Å². The molecule has 4 N–H and O–H groups in total. The van der Waals surface area contributed by atoms with Crippen molar-refractivity contribution in [3.05, 3.63) is 130 Å². The molecule has 16 heteroatoms. The summed E-state index contributed by atoms with van der Waals surface area (Å²) < 4.78 is 71.8. The van der Waals surface area contributed by atoms with Gasteiger partial charge in [-0.2, -0.15) is 16.8 Å². The third kappa shape index (κ3) is 18.8. The molecule has 0 aromatic heterocycles. The van der Waals surface area contributed by atoms with E-state index in [1.807, 2.05) is 140 Å². The first-order valence-corrected chi connectivity index (χ1v) is 23.2. The van der Waals surface area contributed by atoms with E-state index in [2.05, 4.69) is 10.6 Å². The molecule has 0 aromatic carbocycles. The fraction of sp³-hybridized carbons (Fsp3) is 0.435. The minimum atomic E-state index is -4.24. The van der Waals surface area contributed by atoms with Crippen molar-refractivity contribution in [2.75, 3.05) is 24.6 Å². The summed E-state index contributed by atoms with van der Waals surface area (Å²) >= 11 is 0. The van der Waals surface area contributed by atoms with Crippen LogP contribution in [0.3, 0.4) is 0 Å². The van der Waals surface area contributed by atoms with Gasteiger partial charge >= 0.3 is 12.2 Å². The van der Waals surface area contributed by atoms with Crippen LogP contribution in [0.2, 0.25) is 0 Å². The number of hydrogen-bond acceptors (Lipinski definition) is 10. The molecule has 0 bridgehead atoms. The quantitative estimate of drug-likeness (QED) is 0.0757. The third-order valence-electron chi connectivity index (χ3n) is 10.0. The van der Waals surface area contributed by atoms with E-state index in [1.54, 1.807) is 13.8 Å². The topological polar surface area (TPSA) is 220 Å². The van der Waals surface area contributed by atoms with Crippen molar-refractivity contribution in [1.29, 1.82) is 0 Å². The van der Waals surface area contributed by atoms with Gasteiger partial charge in [0.25, 0.3) is 20.2 Å². The normalized spacial score (nSPS) is 21.0. The molecule has 62 heavy (non-hydrogen) atoms. The van der Waals surface area contributed by atoms with Gasteiger partial charge in [0.2, 0.25) is 0 Å². The number of alkyl carbamates (subject to hydrolysis) is 2. The number of nitrogens with one attached hydrogen (secondary N) is 2. The number of ketones is 2. The zero-order valence-corrected chi connectivity index (χ0v) is 38.9. The van der Waals surface area contributed by atoms with Crippen LogP contribution in [0, 0.1) is 10.8 Å². The first kappa shape index (κ1) is 53.0. The standard InChI is InChI=1S/C46H62N2O12S2/c1-31(17-13-19-33(3)21-23-37-35(5)41(49)39(29-45(37,7)8)59-43(51)47-25-27-61(53,54)55)15-11-12-16-32(2)18-14-20-34(4)22-24-38-36(6)42(50)40(30-46(38,9)10)60-44(52)48-26-28-62(56,57)58/h11-24,39-40H,25-30H2,1-10H3,(H,47,51)(H,48,52)(H,53,54,55)(H,56,57,58). The Morgan fingerprint density at radius 3 is 1.23 bits per heavy atom. The highest BCUT2D eigenvalue weighted by molar-refractivity contribution is 7.86. The van der Waals surface area contributed by atoms with Crippen LogP contribution in [0.4, 0.5) is 9.59 Å². The average molecular weight is 899 g/mol. The van der Waals surface area contributed by atoms with Crippen molar-refractivity contribution in [3.63, 3.8) is 0 Å². The second-order valence-electron chi connectivity index (χ2n) is 16.6. The van der Waals surface area contributed by atoms with Gasteiger partial charge in [0.05, 0.1) is 11.5 Å². The molecule has 2 atom stereocenters. The summed E-state index contributed by atoms with van der Waals surface area (Å²) in [6.45, 7) is 18.4. The summed E-state index contributed by atoms with van der Waals surface area (Å²) in [5.74, 6) is -1.98. The summed E-state index contributed by atoms with van der Waals surface area (Å²) in [5, 5.41) is 4.48. The molecule has 0 saturated heterocycles. The minimum Gasteiger partial charge on any atom is -0.438 e. The van der Waals surface area contributed by atoms with Crippen molar-refractivity contribution in [3.8, 4) is 0 Å². The van der Waals surface area contributed by atoms with Crippen LogP contribution in [0.5, 0.6) is 0 Å². The summed E-state index contributed by atoms with van der Waals surface area (Å²) in [5.41, 5.74) is 5.60. The highest BCUT2D eigenvalue weighted by atomic mass is 32.2. The molecule has 2 aliphatic rings. The van der Waals surface area contributed by atoms with Crippen molar-refractivity contribution in [2.45, 2.75) is 94.3 Å². The van der Waals surface area contributed by atoms with Crippen LogP contribution in [-0.2, 0) is 39.3 Å². The van der Waals surface area contributed by atoms with Crippen LogP contribution < -0.4 is 10.6 Å². The number of carbonyl (C=O) groups is 4. The smallest absolute Gasteiger partial charge is 0.407 e. The molecule has 0 saturated carbocycles. The maximum Gasteiger partial charge on any atom is 0.407 e. The lowest BCUT2D eigenvalue weighted by Crippen LogP contribution is -2.41. The highest BCUT2D eigenvalue weighted by Crippen LogP contribution is 2.42. The maximum atomic E-state index is 13.0. The van der Waals surface area contributed by atoms with E-state index in [-0.39, 0.29) is 37.5 Å². The number of ether oxygens (including phenoxy) is 2. The second-order valence-corrected chi connectivity index (χ2v) is 19.8. The van der Waals surface area contributed by atoms with Crippen LogP contribution in [0.1, 0.15) is 82.1 Å². The molecule has 0 fully saturated rings. The van der Waals surface area contributed by atoms with Crippen molar-refractivity contribution < 1.29 is 54.6 Å². The lowest BCUT2D eigenvalue weighted by Gasteiger charge is -2.36. The predicted molar refractivity (Wildman–Crippen MR) is 242 cm³/mol. The van der Waals surface area contributed by atoms with Crippen LogP contribution >= 0.6 is 0 Å². The Hall–Kier alpha value is -5.16. The summed E-state index contributed by atoms with van der Waals surface area (Å²) in [6.07, 6.45) is 23.9. The SMILES string of the molecule is CC(C=CC=C(C)C=CC1=C(C)C(=O)C(OC(=O)NCCS(=O)(=O)O)CC1(C)C)=CC=CC=C(C)C=CC=C(C)C=CC1=C(C)C(=O)C(OC(=O)NCCS(=O)(=O)O)CC1(C)C. The number of rotatable bonds is 18. The molecule has 0 aromatic rings. The molecule has 0 radical (unpaired) electrons. The predicted octanol–water partition coefficient (Wildman–Crippen LogP) is 8.15. The van der Waals surface area contributed by atoms with Crippen LogP contribution in [-0.4, -0.2) is 86.5 Å². The van der Waals surface area contributed by atoms with Gasteiger partial charge in [0.15, 0.2) is 23.8 Å². The molecule has 14 nitrogen and oxygen atoms in total. The largest absolute Gasteiger partial charge is 0.438 e. The van der Waals surface area contributed by atoms with E-state index in [0.717, 1.165) is 33.4 Å². The molecular weight excluding hydrogens is 837 g/mol. The number of Topliss-reactive ketones (excluding diaryl/α,β-unsaturated/α-hetero) is 2. The van der Waals surface area contributed by atoms with Gasteiger partial charge in [-0.25, -0.2) is 9.59 Å². The Morgan fingerprint density at radius 2 is 0.903 bits per heavy atom. The fourth-order valence-corrected chi connectivity index (χ4v) is 7.38. The van der Waals surface area contributed by atoms with E-state index in [1.165, 1.54) is 0 Å². The first-order chi connectivity index (χ1) is 28.6. The number of amides is 2. The zero-order valence-electron chi connectivity index (χ0n) is 37.3. The highest BCUT2D eigenvalue weighted by Gasteiger charge is 2.41. The van der Waals surface area contributed by atoms with E-state index in [9.17, 15) is 36.0 Å². The minimum absolute atomic E-state index is 0.248. The third-order valence-corrected chi connectivity index (χ3v) is 11.5. The lowest BCUT2D eigenvalue weighted by atomic mass is 9.71. The molecule has 340 valence electrons. The Balaban J connectivity index is 1.96. The van der Waals surface area contributed by atoms with E-state index < -0.39 is 67.0 Å². The van der Waals surface area contributed by atoms with Gasteiger partial charge < -0.3 is 20.1 Å². The summed E-state index contributed by atoms with van der Waals surface area (Å²) in [6, 6.07) is 0.